The molecular formula is C12H18O3. The molecule has 15 heavy (non-hydrogen) atoms. The third kappa shape index (κ3) is 3.11. The fourth-order valence-electron chi connectivity index (χ4n) is 1.51. The Morgan fingerprint density at radius 3 is 2.53 bits per heavy atom. The monoisotopic (exact) mass is 210 g/mol. The Labute approximate surface area is 89.7 Å². The van der Waals surface area contributed by atoms with Crippen molar-refractivity contribution in [1.82, 2.24) is 0 Å². The quantitative estimate of drug-likeness (QED) is 0.812. The molecule has 0 radical (unpaired) electrons. The Kier molecular flexibility index (Phi) is 4.40. The number of aryl methyl sites for hydroxylation is 1. The van der Waals surface area contributed by atoms with Gasteiger partial charge in [-0.2, -0.15) is 0 Å². The molecule has 0 aromatic carbocycles. The molecule has 1 rings (SSSR count). The molecule has 0 spiro atoms. The van der Waals surface area contributed by atoms with E-state index in [-0.39, 0.29) is 11.4 Å². The van der Waals surface area contributed by atoms with Gasteiger partial charge in [0.15, 0.2) is 0 Å². The van der Waals surface area contributed by atoms with Crippen molar-refractivity contribution in [3.63, 3.8) is 0 Å². The number of hydrogen-bond acceptors (Lipinski definition) is 3. The molecule has 84 valence electrons. The molecule has 0 fully saturated rings. The lowest BCUT2D eigenvalue weighted by molar-refractivity contribution is 0.410. The lowest BCUT2D eigenvalue weighted by Crippen LogP contribution is -2.09. The molecule has 0 aliphatic rings. The van der Waals surface area contributed by atoms with E-state index in [1.165, 1.54) is 0 Å². The minimum atomic E-state index is -0.382. The average Bonchev–Trinajstić information content (AvgIpc) is 2.17. The van der Waals surface area contributed by atoms with Gasteiger partial charge >= 0.3 is 5.63 Å². The van der Waals surface area contributed by atoms with Crippen molar-refractivity contribution in [1.29, 1.82) is 0 Å². The van der Waals surface area contributed by atoms with Gasteiger partial charge in [0.05, 0.1) is 5.56 Å². The van der Waals surface area contributed by atoms with Crippen LogP contribution in [0.25, 0.3) is 0 Å². The summed E-state index contributed by atoms with van der Waals surface area (Å²) in [4.78, 5) is 11.5. The first kappa shape index (κ1) is 11.8. The van der Waals surface area contributed by atoms with Crippen LogP contribution in [0.5, 0.6) is 5.75 Å². The highest BCUT2D eigenvalue weighted by atomic mass is 16.4. The van der Waals surface area contributed by atoms with E-state index in [0.29, 0.717) is 24.2 Å². The molecule has 3 nitrogen and oxygen atoms in total. The Morgan fingerprint density at radius 1 is 1.27 bits per heavy atom. The van der Waals surface area contributed by atoms with Crippen LogP contribution in [0.2, 0.25) is 0 Å². The van der Waals surface area contributed by atoms with Crippen molar-refractivity contribution in [3.05, 3.63) is 27.8 Å². The van der Waals surface area contributed by atoms with E-state index in [1.54, 1.807) is 6.07 Å². The molecule has 0 saturated heterocycles. The lowest BCUT2D eigenvalue weighted by Gasteiger charge is -2.04. The molecule has 0 saturated carbocycles. The number of hydrogen-bond donors (Lipinski definition) is 1. The first-order chi connectivity index (χ1) is 7.19. The first-order valence-electron chi connectivity index (χ1n) is 5.53. The van der Waals surface area contributed by atoms with Crippen LogP contribution in [0.3, 0.4) is 0 Å². The summed E-state index contributed by atoms with van der Waals surface area (Å²) < 4.78 is 5.11. The van der Waals surface area contributed by atoms with E-state index in [2.05, 4.69) is 0 Å². The molecule has 0 unspecified atom stereocenters. The smallest absolute Gasteiger partial charge is 0.342 e. The van der Waals surface area contributed by atoms with Gasteiger partial charge in [0.1, 0.15) is 11.5 Å². The van der Waals surface area contributed by atoms with Gasteiger partial charge in [0, 0.05) is 12.5 Å². The predicted molar refractivity (Wildman–Crippen MR) is 59.2 cm³/mol. The van der Waals surface area contributed by atoms with Crippen LogP contribution in [0.15, 0.2) is 15.3 Å². The third-order valence-corrected chi connectivity index (χ3v) is 2.35. The summed E-state index contributed by atoms with van der Waals surface area (Å²) in [5, 5.41) is 9.67. The Hall–Kier alpha value is -1.25. The van der Waals surface area contributed by atoms with E-state index in [0.717, 1.165) is 19.3 Å². The minimum Gasteiger partial charge on any atom is -0.507 e. The van der Waals surface area contributed by atoms with E-state index in [4.69, 9.17) is 4.42 Å². The molecule has 0 bridgehead atoms. The Morgan fingerprint density at radius 2 is 2.00 bits per heavy atom. The molecule has 1 N–H and O–H groups in total. The fraction of sp³-hybridized carbons (Fsp3) is 0.583. The van der Waals surface area contributed by atoms with Gasteiger partial charge in [0.25, 0.3) is 0 Å². The maximum Gasteiger partial charge on any atom is 0.342 e. The minimum absolute atomic E-state index is 0.0863. The SMILES string of the molecule is CCCCc1c(O)cc(CCC)oc1=O. The van der Waals surface area contributed by atoms with Gasteiger partial charge in [-0.05, 0) is 19.3 Å². The molecular weight excluding hydrogens is 192 g/mol. The second-order valence-electron chi connectivity index (χ2n) is 3.72. The summed E-state index contributed by atoms with van der Waals surface area (Å²) in [6, 6.07) is 1.57. The summed E-state index contributed by atoms with van der Waals surface area (Å²) in [6.07, 6.45) is 4.08. The van der Waals surface area contributed by atoms with Gasteiger partial charge in [-0.25, -0.2) is 4.79 Å². The van der Waals surface area contributed by atoms with Crippen molar-refractivity contribution in [3.8, 4) is 5.75 Å². The van der Waals surface area contributed by atoms with Crippen LogP contribution in [0.4, 0.5) is 0 Å². The first-order valence-corrected chi connectivity index (χ1v) is 5.53. The van der Waals surface area contributed by atoms with Crippen molar-refractivity contribution in [2.24, 2.45) is 0 Å². The normalized spacial score (nSPS) is 10.5. The summed E-state index contributed by atoms with van der Waals surface area (Å²) in [7, 11) is 0. The summed E-state index contributed by atoms with van der Waals surface area (Å²) >= 11 is 0. The summed E-state index contributed by atoms with van der Waals surface area (Å²) in [5.74, 6) is 0.656. The highest BCUT2D eigenvalue weighted by molar-refractivity contribution is 5.30. The lowest BCUT2D eigenvalue weighted by atomic mass is 10.1. The molecule has 1 heterocycles. The highest BCUT2D eigenvalue weighted by Crippen LogP contribution is 2.17. The van der Waals surface area contributed by atoms with Gasteiger partial charge < -0.3 is 9.52 Å². The molecule has 3 heteroatoms. The Bertz CT molecular complexity index is 366. The van der Waals surface area contributed by atoms with Gasteiger partial charge in [-0.3, -0.25) is 0 Å². The highest BCUT2D eigenvalue weighted by Gasteiger charge is 2.09. The van der Waals surface area contributed by atoms with Crippen molar-refractivity contribution >= 4 is 0 Å². The van der Waals surface area contributed by atoms with Crippen LogP contribution < -0.4 is 5.63 Å². The predicted octanol–water partition coefficient (Wildman–Crippen LogP) is 2.64. The number of rotatable bonds is 5. The maximum absolute atomic E-state index is 11.5. The largest absolute Gasteiger partial charge is 0.507 e. The van der Waals surface area contributed by atoms with Crippen molar-refractivity contribution in [2.45, 2.75) is 46.0 Å². The van der Waals surface area contributed by atoms with E-state index < -0.39 is 0 Å². The zero-order chi connectivity index (χ0) is 11.3. The van der Waals surface area contributed by atoms with E-state index >= 15 is 0 Å². The molecule has 0 atom stereocenters. The molecule has 1 aromatic heterocycles. The van der Waals surface area contributed by atoms with Crippen LogP contribution in [0.1, 0.15) is 44.4 Å². The third-order valence-electron chi connectivity index (χ3n) is 2.35. The van der Waals surface area contributed by atoms with Crippen molar-refractivity contribution < 1.29 is 9.52 Å². The zero-order valence-corrected chi connectivity index (χ0v) is 9.38. The van der Waals surface area contributed by atoms with Gasteiger partial charge in [-0.1, -0.05) is 20.3 Å². The fourth-order valence-corrected chi connectivity index (χ4v) is 1.51. The number of aromatic hydroxyl groups is 1. The van der Waals surface area contributed by atoms with Crippen LogP contribution >= 0.6 is 0 Å². The van der Waals surface area contributed by atoms with Gasteiger partial charge in [0.2, 0.25) is 0 Å². The second-order valence-corrected chi connectivity index (χ2v) is 3.72. The maximum atomic E-state index is 11.5. The standard InChI is InChI=1S/C12H18O3/c1-3-5-7-10-11(13)8-9(6-4-2)15-12(10)14/h8,13H,3-7H2,1-2H3. The summed E-state index contributed by atoms with van der Waals surface area (Å²) in [6.45, 7) is 4.05. The Balaban J connectivity index is 2.94. The van der Waals surface area contributed by atoms with Crippen LogP contribution in [0, 0.1) is 0 Å². The topological polar surface area (TPSA) is 50.4 Å². The molecule has 0 amide bonds. The van der Waals surface area contributed by atoms with Gasteiger partial charge in [-0.15, -0.1) is 0 Å². The molecule has 1 aromatic rings. The summed E-state index contributed by atoms with van der Waals surface area (Å²) in [5.41, 5.74) is 0.0311. The molecule has 0 aliphatic carbocycles. The second kappa shape index (κ2) is 5.59. The number of unbranched alkanes of at least 4 members (excludes halogenated alkanes) is 1. The van der Waals surface area contributed by atoms with Crippen LogP contribution in [-0.4, -0.2) is 5.11 Å². The average molecular weight is 210 g/mol. The van der Waals surface area contributed by atoms with Crippen LogP contribution in [-0.2, 0) is 12.8 Å². The van der Waals surface area contributed by atoms with E-state index in [1.807, 2.05) is 13.8 Å². The van der Waals surface area contributed by atoms with E-state index in [9.17, 15) is 9.90 Å². The van der Waals surface area contributed by atoms with Crippen molar-refractivity contribution in [2.75, 3.05) is 0 Å². The molecule has 0 aliphatic heterocycles. The zero-order valence-electron chi connectivity index (χ0n) is 9.38.